The Morgan fingerprint density at radius 3 is 2.48 bits per heavy atom. The minimum absolute atomic E-state index is 0.198. The van der Waals surface area contributed by atoms with E-state index in [2.05, 4.69) is 58.8 Å². The van der Waals surface area contributed by atoms with Gasteiger partial charge in [0.15, 0.2) is 0 Å². The number of halogens is 1. The van der Waals surface area contributed by atoms with E-state index in [0.29, 0.717) is 28.1 Å². The molecule has 4 rings (SSSR count). The fourth-order valence-electron chi connectivity index (χ4n) is 3.49. The Kier molecular flexibility index (Phi) is 5.11. The third kappa shape index (κ3) is 3.76. The van der Waals surface area contributed by atoms with Crippen LogP contribution in [0.3, 0.4) is 0 Å². The molecule has 2 aromatic carbocycles. The maximum Gasteiger partial charge on any atom is 0.255 e. The van der Waals surface area contributed by atoms with E-state index >= 15 is 0 Å². The number of nitrogens with zero attached hydrogens (tertiary/aromatic N) is 3. The van der Waals surface area contributed by atoms with Gasteiger partial charge in [-0.1, -0.05) is 49.7 Å². The molecule has 1 aliphatic heterocycles. The van der Waals surface area contributed by atoms with E-state index in [4.69, 9.17) is 11.6 Å². The van der Waals surface area contributed by atoms with Gasteiger partial charge in [0.1, 0.15) is 12.4 Å². The second-order valence-corrected chi connectivity index (χ2v) is 7.81. The number of anilines is 2. The first-order valence-corrected chi connectivity index (χ1v) is 9.86. The van der Waals surface area contributed by atoms with E-state index in [9.17, 15) is 4.79 Å². The minimum atomic E-state index is -0.373. The molecular formula is C22H22ClN5O. The van der Waals surface area contributed by atoms with Crippen LogP contribution in [0.25, 0.3) is 0 Å². The molecule has 0 saturated heterocycles. The average Bonchev–Trinajstić information content (AvgIpc) is 3.16. The standard InChI is InChI=1S/C22H22ClN5O/c1-13(2)15-4-6-16(7-5-15)20-19(14(3)26-22-24-12-25-28(20)22)21(29)27-18-10-8-17(23)9-11-18/h4-13,20H,1-3H3,(H,27,29)(H,24,25,26). The molecular weight excluding hydrogens is 386 g/mol. The lowest BCUT2D eigenvalue weighted by molar-refractivity contribution is -0.113. The van der Waals surface area contributed by atoms with Gasteiger partial charge in [-0.3, -0.25) is 4.79 Å². The van der Waals surface area contributed by atoms with Gasteiger partial charge < -0.3 is 10.6 Å². The van der Waals surface area contributed by atoms with Crippen LogP contribution < -0.4 is 10.6 Å². The van der Waals surface area contributed by atoms with Crippen LogP contribution in [0.5, 0.6) is 0 Å². The second-order valence-electron chi connectivity index (χ2n) is 7.38. The van der Waals surface area contributed by atoms with Crippen molar-refractivity contribution in [2.24, 2.45) is 0 Å². The number of hydrogen-bond donors (Lipinski definition) is 2. The number of nitrogens with one attached hydrogen (secondary N) is 2. The van der Waals surface area contributed by atoms with Crippen molar-refractivity contribution in [1.82, 2.24) is 14.8 Å². The van der Waals surface area contributed by atoms with Gasteiger partial charge >= 0.3 is 0 Å². The lowest BCUT2D eigenvalue weighted by Gasteiger charge is -2.29. The molecule has 0 aliphatic carbocycles. The van der Waals surface area contributed by atoms with E-state index in [0.717, 1.165) is 11.3 Å². The van der Waals surface area contributed by atoms with Crippen molar-refractivity contribution >= 4 is 29.1 Å². The SMILES string of the molecule is CC1=C(C(=O)Nc2ccc(Cl)cc2)C(c2ccc(C(C)C)cc2)n2ncnc2N1. The van der Waals surface area contributed by atoms with Gasteiger partial charge in [0, 0.05) is 16.4 Å². The van der Waals surface area contributed by atoms with Crippen LogP contribution in [-0.4, -0.2) is 20.7 Å². The van der Waals surface area contributed by atoms with Crippen LogP contribution in [0.15, 0.2) is 66.1 Å². The maximum atomic E-state index is 13.2. The van der Waals surface area contributed by atoms with Crippen LogP contribution in [0.2, 0.25) is 5.02 Å². The van der Waals surface area contributed by atoms with Crippen molar-refractivity contribution in [3.63, 3.8) is 0 Å². The number of benzene rings is 2. The largest absolute Gasteiger partial charge is 0.328 e. The maximum absolute atomic E-state index is 13.2. The Balaban J connectivity index is 1.73. The Morgan fingerprint density at radius 2 is 1.83 bits per heavy atom. The fourth-order valence-corrected chi connectivity index (χ4v) is 3.61. The number of carbonyl (C=O) groups is 1. The van der Waals surface area contributed by atoms with Gasteiger partial charge in [-0.25, -0.2) is 4.68 Å². The van der Waals surface area contributed by atoms with Crippen molar-refractivity contribution in [2.75, 3.05) is 10.6 Å². The Labute approximate surface area is 174 Å². The van der Waals surface area contributed by atoms with E-state index in [-0.39, 0.29) is 11.9 Å². The van der Waals surface area contributed by atoms with E-state index in [1.165, 1.54) is 11.9 Å². The Morgan fingerprint density at radius 1 is 1.14 bits per heavy atom. The molecule has 29 heavy (non-hydrogen) atoms. The molecule has 1 amide bonds. The van der Waals surface area contributed by atoms with Crippen molar-refractivity contribution in [3.8, 4) is 0 Å². The molecule has 2 N–H and O–H groups in total. The molecule has 1 unspecified atom stereocenters. The summed E-state index contributed by atoms with van der Waals surface area (Å²) in [5, 5.41) is 11.1. The van der Waals surface area contributed by atoms with Gasteiger partial charge in [0.25, 0.3) is 5.91 Å². The quantitative estimate of drug-likeness (QED) is 0.639. The van der Waals surface area contributed by atoms with Crippen LogP contribution in [0.1, 0.15) is 43.9 Å². The summed E-state index contributed by atoms with van der Waals surface area (Å²) >= 11 is 5.95. The highest BCUT2D eigenvalue weighted by Gasteiger charge is 2.33. The highest BCUT2D eigenvalue weighted by molar-refractivity contribution is 6.30. The summed E-state index contributed by atoms with van der Waals surface area (Å²) in [5.74, 6) is 0.851. The molecule has 7 heteroatoms. The zero-order chi connectivity index (χ0) is 20.5. The predicted molar refractivity (Wildman–Crippen MR) is 115 cm³/mol. The zero-order valence-electron chi connectivity index (χ0n) is 16.5. The molecule has 0 spiro atoms. The molecule has 6 nitrogen and oxygen atoms in total. The molecule has 148 valence electrons. The highest BCUT2D eigenvalue weighted by Crippen LogP contribution is 2.35. The summed E-state index contributed by atoms with van der Waals surface area (Å²) in [4.78, 5) is 17.5. The summed E-state index contributed by atoms with van der Waals surface area (Å²) < 4.78 is 1.74. The van der Waals surface area contributed by atoms with Gasteiger partial charge in [-0.05, 0) is 48.2 Å². The van der Waals surface area contributed by atoms with Gasteiger partial charge in [0.2, 0.25) is 5.95 Å². The highest BCUT2D eigenvalue weighted by atomic mass is 35.5. The number of aromatic nitrogens is 3. The molecule has 1 aliphatic rings. The lowest BCUT2D eigenvalue weighted by Crippen LogP contribution is -2.31. The smallest absolute Gasteiger partial charge is 0.255 e. The average molecular weight is 408 g/mol. The minimum Gasteiger partial charge on any atom is -0.328 e. The number of rotatable bonds is 4. The van der Waals surface area contributed by atoms with Crippen LogP contribution in [-0.2, 0) is 4.79 Å². The van der Waals surface area contributed by atoms with E-state index < -0.39 is 0 Å². The topological polar surface area (TPSA) is 71.8 Å². The first-order valence-electron chi connectivity index (χ1n) is 9.48. The summed E-state index contributed by atoms with van der Waals surface area (Å²) in [5.41, 5.74) is 4.24. The van der Waals surface area contributed by atoms with Gasteiger partial charge in [-0.15, -0.1) is 0 Å². The van der Waals surface area contributed by atoms with Crippen molar-refractivity contribution in [2.45, 2.75) is 32.7 Å². The lowest BCUT2D eigenvalue weighted by atomic mass is 9.93. The zero-order valence-corrected chi connectivity index (χ0v) is 17.2. The first-order chi connectivity index (χ1) is 13.9. The van der Waals surface area contributed by atoms with Crippen molar-refractivity contribution in [3.05, 3.63) is 82.3 Å². The van der Waals surface area contributed by atoms with Gasteiger partial charge in [0.05, 0.1) is 5.57 Å². The normalized spacial score (nSPS) is 15.8. The Bertz CT molecular complexity index is 1070. The first kappa shape index (κ1) is 19.2. The number of allylic oxidation sites excluding steroid dienone is 1. The molecule has 0 radical (unpaired) electrons. The monoisotopic (exact) mass is 407 g/mol. The number of fused-ring (bicyclic) bond motifs is 1. The Hall–Kier alpha value is -3.12. The van der Waals surface area contributed by atoms with Crippen molar-refractivity contribution < 1.29 is 4.79 Å². The molecule has 2 heterocycles. The van der Waals surface area contributed by atoms with Crippen molar-refractivity contribution in [1.29, 1.82) is 0 Å². The number of carbonyl (C=O) groups excluding carboxylic acids is 1. The molecule has 0 bridgehead atoms. The molecule has 0 saturated carbocycles. The number of hydrogen-bond acceptors (Lipinski definition) is 4. The molecule has 0 fully saturated rings. The summed E-state index contributed by atoms with van der Waals surface area (Å²) in [6, 6.07) is 15.0. The summed E-state index contributed by atoms with van der Waals surface area (Å²) in [6.07, 6.45) is 1.49. The summed E-state index contributed by atoms with van der Waals surface area (Å²) in [6.45, 7) is 6.19. The van der Waals surface area contributed by atoms with Gasteiger partial charge in [-0.2, -0.15) is 10.1 Å². The van der Waals surface area contributed by atoms with Crippen LogP contribution in [0, 0.1) is 0 Å². The number of amides is 1. The van der Waals surface area contributed by atoms with Crippen LogP contribution >= 0.6 is 11.6 Å². The molecule has 3 aromatic rings. The third-order valence-electron chi connectivity index (χ3n) is 5.06. The molecule has 1 aromatic heterocycles. The van der Waals surface area contributed by atoms with E-state index in [1.54, 1.807) is 28.9 Å². The molecule has 1 atom stereocenters. The predicted octanol–water partition coefficient (Wildman–Crippen LogP) is 4.98. The summed E-state index contributed by atoms with van der Waals surface area (Å²) in [7, 11) is 0. The van der Waals surface area contributed by atoms with Crippen LogP contribution in [0.4, 0.5) is 11.6 Å². The fraction of sp³-hybridized carbons (Fsp3) is 0.227. The second kappa shape index (κ2) is 7.72. The van der Waals surface area contributed by atoms with E-state index in [1.807, 2.05) is 6.92 Å². The third-order valence-corrected chi connectivity index (χ3v) is 5.31.